The van der Waals surface area contributed by atoms with E-state index in [0.717, 1.165) is 33.3 Å². The van der Waals surface area contributed by atoms with E-state index in [2.05, 4.69) is 109 Å². The molecule has 1 heterocycles. The van der Waals surface area contributed by atoms with Crippen molar-refractivity contribution in [2.45, 2.75) is 26.4 Å². The Bertz CT molecular complexity index is 1960. The lowest BCUT2D eigenvalue weighted by molar-refractivity contribution is 0.0543. The van der Waals surface area contributed by atoms with Crippen molar-refractivity contribution in [3.8, 4) is 22.5 Å². The van der Waals surface area contributed by atoms with Gasteiger partial charge in [0.1, 0.15) is 5.60 Å². The normalized spacial score (nSPS) is 12.0. The van der Waals surface area contributed by atoms with E-state index in [1.54, 1.807) is 4.57 Å². The van der Waals surface area contributed by atoms with Crippen LogP contribution in [0.1, 0.15) is 20.8 Å². The molecule has 0 unspecified atom stereocenters. The number of carbonyl (C=O) groups excluding carboxylic acids is 1. The van der Waals surface area contributed by atoms with Gasteiger partial charge in [-0.15, -0.1) is 0 Å². The van der Waals surface area contributed by atoms with Gasteiger partial charge in [0.05, 0.1) is 11.4 Å². The fourth-order valence-electron chi connectivity index (χ4n) is 5.59. The van der Waals surface area contributed by atoms with Gasteiger partial charge in [0.2, 0.25) is 0 Å². The summed E-state index contributed by atoms with van der Waals surface area (Å²) in [5, 5.41) is 9.41. The molecule has 1 aromatic heterocycles. The number of hydrogen-bond acceptors (Lipinski definition) is 2. The van der Waals surface area contributed by atoms with Crippen molar-refractivity contribution in [3.05, 3.63) is 121 Å². The third kappa shape index (κ3) is 4.30. The van der Waals surface area contributed by atoms with Crippen LogP contribution in [0.15, 0.2) is 121 Å². The number of ether oxygens (including phenoxy) is 1. The Morgan fingerprint density at radius 3 is 1.27 bits per heavy atom. The monoisotopic (exact) mass is 519 g/mol. The van der Waals surface area contributed by atoms with E-state index in [4.69, 9.17) is 4.74 Å². The molecule has 0 radical (unpaired) electrons. The molecule has 0 saturated carbocycles. The van der Waals surface area contributed by atoms with E-state index in [-0.39, 0.29) is 6.09 Å². The highest BCUT2D eigenvalue weighted by Gasteiger charge is 2.24. The third-order valence-electron chi connectivity index (χ3n) is 7.46. The number of fused-ring (bicyclic) bond motifs is 4. The minimum atomic E-state index is -0.625. The maximum absolute atomic E-state index is 13.7. The van der Waals surface area contributed by atoms with Crippen LogP contribution >= 0.6 is 0 Å². The molecule has 7 rings (SSSR count). The predicted octanol–water partition coefficient (Wildman–Crippen LogP) is 10.2. The number of hydrogen-bond donors (Lipinski definition) is 0. The van der Waals surface area contributed by atoms with Crippen LogP contribution in [0, 0.1) is 0 Å². The van der Waals surface area contributed by atoms with Crippen molar-refractivity contribution in [1.82, 2.24) is 4.57 Å². The zero-order valence-electron chi connectivity index (χ0n) is 22.8. The minimum absolute atomic E-state index is 0.389. The number of rotatable bonds is 2. The van der Waals surface area contributed by atoms with Crippen LogP contribution in [-0.4, -0.2) is 16.3 Å². The average molecular weight is 520 g/mol. The Balaban J connectivity index is 1.40. The van der Waals surface area contributed by atoms with Crippen LogP contribution in [-0.2, 0) is 4.74 Å². The van der Waals surface area contributed by atoms with Crippen LogP contribution in [0.25, 0.3) is 65.6 Å². The molecule has 0 N–H and O–H groups in total. The highest BCUT2D eigenvalue weighted by Crippen LogP contribution is 2.35. The Hall–Kier alpha value is -4.89. The SMILES string of the molecule is CC(C)(C)OC(=O)n1c(-c2ccc3cc4ccccc4cc3c2)ccc1-c1ccc2cc3ccccc3cc2c1. The summed E-state index contributed by atoms with van der Waals surface area (Å²) >= 11 is 0. The summed E-state index contributed by atoms with van der Waals surface area (Å²) < 4.78 is 7.64. The molecule has 0 aliphatic heterocycles. The third-order valence-corrected chi connectivity index (χ3v) is 7.46. The number of nitrogens with zero attached hydrogens (tertiary/aromatic N) is 1. The first-order valence-electron chi connectivity index (χ1n) is 13.6. The van der Waals surface area contributed by atoms with Crippen molar-refractivity contribution in [2.24, 2.45) is 0 Å². The molecule has 0 amide bonds. The molecular weight excluding hydrogens is 490 g/mol. The molecule has 0 aliphatic rings. The smallest absolute Gasteiger partial charge is 0.419 e. The lowest BCUT2D eigenvalue weighted by atomic mass is 10.0. The highest BCUT2D eigenvalue weighted by molar-refractivity contribution is 6.01. The van der Waals surface area contributed by atoms with E-state index in [9.17, 15) is 4.79 Å². The van der Waals surface area contributed by atoms with Crippen LogP contribution < -0.4 is 0 Å². The predicted molar refractivity (Wildman–Crippen MR) is 167 cm³/mol. The van der Waals surface area contributed by atoms with Crippen molar-refractivity contribution < 1.29 is 9.53 Å². The van der Waals surface area contributed by atoms with Gasteiger partial charge in [-0.3, -0.25) is 0 Å². The number of aromatic nitrogens is 1. The maximum Gasteiger partial charge on any atom is 0.419 e. The summed E-state index contributed by atoms with van der Waals surface area (Å²) in [5.74, 6) is 0. The summed E-state index contributed by atoms with van der Waals surface area (Å²) in [4.78, 5) is 13.7. The van der Waals surface area contributed by atoms with Crippen molar-refractivity contribution >= 4 is 49.2 Å². The Morgan fingerprint density at radius 2 is 0.875 bits per heavy atom. The van der Waals surface area contributed by atoms with Gasteiger partial charge in [0.15, 0.2) is 0 Å². The molecule has 0 spiro atoms. The minimum Gasteiger partial charge on any atom is -0.443 e. The molecule has 3 heteroatoms. The summed E-state index contributed by atoms with van der Waals surface area (Å²) in [6.45, 7) is 5.70. The van der Waals surface area contributed by atoms with Gasteiger partial charge < -0.3 is 4.74 Å². The van der Waals surface area contributed by atoms with Gasteiger partial charge in [-0.2, -0.15) is 0 Å². The van der Waals surface area contributed by atoms with Crippen LogP contribution in [0.2, 0.25) is 0 Å². The molecule has 6 aromatic carbocycles. The van der Waals surface area contributed by atoms with Gasteiger partial charge >= 0.3 is 6.09 Å². The maximum atomic E-state index is 13.7. The van der Waals surface area contributed by atoms with Gasteiger partial charge in [-0.1, -0.05) is 72.8 Å². The summed E-state index contributed by atoms with van der Waals surface area (Å²) in [5.41, 5.74) is 2.91. The second-order valence-corrected chi connectivity index (χ2v) is 11.4. The lowest BCUT2D eigenvalue weighted by Gasteiger charge is -2.22. The quantitative estimate of drug-likeness (QED) is 0.213. The van der Waals surface area contributed by atoms with Gasteiger partial charge in [-0.25, -0.2) is 9.36 Å². The molecule has 0 aliphatic carbocycles. The Morgan fingerprint density at radius 1 is 0.500 bits per heavy atom. The molecule has 7 aromatic rings. The van der Waals surface area contributed by atoms with Crippen molar-refractivity contribution in [3.63, 3.8) is 0 Å². The largest absolute Gasteiger partial charge is 0.443 e. The molecular formula is C37H29NO2. The molecule has 194 valence electrons. The van der Waals surface area contributed by atoms with Crippen LogP contribution in [0.3, 0.4) is 0 Å². The summed E-state index contributed by atoms with van der Waals surface area (Å²) in [7, 11) is 0. The standard InChI is InChI=1S/C37H29NO2/c1-37(2,3)40-36(39)38-34(30-14-12-28-18-24-8-4-6-10-26(24)20-32(28)22-30)16-17-35(38)31-15-13-29-19-25-9-5-7-11-27(25)21-33(29)23-31/h4-23H,1-3H3. The van der Waals surface area contributed by atoms with E-state index in [1.807, 2.05) is 32.9 Å². The number of benzene rings is 6. The first-order valence-corrected chi connectivity index (χ1v) is 13.6. The second-order valence-electron chi connectivity index (χ2n) is 11.4. The highest BCUT2D eigenvalue weighted by atomic mass is 16.6. The second kappa shape index (κ2) is 9.10. The van der Waals surface area contributed by atoms with Crippen LogP contribution in [0.4, 0.5) is 4.79 Å². The fourth-order valence-corrected chi connectivity index (χ4v) is 5.59. The zero-order valence-corrected chi connectivity index (χ0v) is 22.8. The van der Waals surface area contributed by atoms with Crippen molar-refractivity contribution in [1.29, 1.82) is 0 Å². The molecule has 0 atom stereocenters. The van der Waals surface area contributed by atoms with E-state index in [1.165, 1.54) is 32.3 Å². The van der Waals surface area contributed by atoms with Gasteiger partial charge in [-0.05, 0) is 124 Å². The number of carbonyl (C=O) groups is 1. The molecule has 40 heavy (non-hydrogen) atoms. The first kappa shape index (κ1) is 24.2. The van der Waals surface area contributed by atoms with Gasteiger partial charge in [0, 0.05) is 0 Å². The molecule has 0 saturated heterocycles. The summed E-state index contributed by atoms with van der Waals surface area (Å²) in [6, 6.07) is 42.4. The topological polar surface area (TPSA) is 31.2 Å². The van der Waals surface area contributed by atoms with E-state index >= 15 is 0 Å². The Kier molecular flexibility index (Phi) is 5.50. The van der Waals surface area contributed by atoms with Crippen LogP contribution in [0.5, 0.6) is 0 Å². The zero-order chi connectivity index (χ0) is 27.4. The molecule has 0 fully saturated rings. The van der Waals surface area contributed by atoms with E-state index in [0.29, 0.717) is 0 Å². The Labute approximate surface area is 233 Å². The molecule has 3 nitrogen and oxygen atoms in total. The summed E-state index contributed by atoms with van der Waals surface area (Å²) in [6.07, 6.45) is -0.389. The fraction of sp³-hybridized carbons (Fsp3) is 0.108. The van der Waals surface area contributed by atoms with E-state index < -0.39 is 5.60 Å². The molecule has 0 bridgehead atoms. The lowest BCUT2D eigenvalue weighted by Crippen LogP contribution is -2.27. The van der Waals surface area contributed by atoms with Crippen molar-refractivity contribution in [2.75, 3.05) is 0 Å². The first-order chi connectivity index (χ1) is 19.3. The average Bonchev–Trinajstić information content (AvgIpc) is 3.39. The van der Waals surface area contributed by atoms with Gasteiger partial charge in [0.25, 0.3) is 0 Å².